The van der Waals surface area contributed by atoms with Crippen molar-refractivity contribution in [1.82, 2.24) is 9.55 Å². The second kappa shape index (κ2) is 5.98. The standard InChI is InChI=1S/C7H14N2O5P2/c1-6(10)14-16(13)7(11,15-12)4-9-3-2-8-5-9/h2-3,5-6,10-13,15H,4H2,1H3/t6-,7?,16+/m1/s1. The fourth-order valence-electron chi connectivity index (χ4n) is 1.01. The van der Waals surface area contributed by atoms with E-state index in [0.29, 0.717) is 0 Å². The van der Waals surface area contributed by atoms with Crippen LogP contribution in [0.1, 0.15) is 6.92 Å². The lowest BCUT2D eigenvalue weighted by atomic mass is 10.6. The van der Waals surface area contributed by atoms with Gasteiger partial charge in [-0.15, -0.1) is 0 Å². The molecule has 0 aliphatic carbocycles. The average Bonchev–Trinajstić information content (AvgIpc) is 2.69. The van der Waals surface area contributed by atoms with Gasteiger partial charge >= 0.3 is 0 Å². The molecule has 9 heteroatoms. The third-order valence-electron chi connectivity index (χ3n) is 1.71. The van der Waals surface area contributed by atoms with Crippen LogP contribution in [-0.4, -0.2) is 40.9 Å². The van der Waals surface area contributed by atoms with E-state index in [1.165, 1.54) is 24.0 Å². The Hall–Kier alpha value is -0.130. The topological polar surface area (TPSA) is 108 Å². The summed E-state index contributed by atoms with van der Waals surface area (Å²) in [5.74, 6) is 0. The second-order valence-electron chi connectivity index (χ2n) is 3.14. The van der Waals surface area contributed by atoms with Crippen LogP contribution in [-0.2, 0) is 11.1 Å². The van der Waals surface area contributed by atoms with Crippen molar-refractivity contribution < 1.29 is 24.5 Å². The molecule has 1 aromatic rings. The van der Waals surface area contributed by atoms with E-state index in [1.807, 2.05) is 0 Å². The summed E-state index contributed by atoms with van der Waals surface area (Å²) in [6.07, 6.45) is 3.32. The largest absolute Gasteiger partial charge is 0.373 e. The maximum absolute atomic E-state index is 9.97. The number of imidazole rings is 1. The van der Waals surface area contributed by atoms with E-state index in [0.717, 1.165) is 0 Å². The van der Waals surface area contributed by atoms with Gasteiger partial charge < -0.3 is 29.1 Å². The van der Waals surface area contributed by atoms with Gasteiger partial charge in [-0.1, -0.05) is 0 Å². The monoisotopic (exact) mass is 268 g/mol. The van der Waals surface area contributed by atoms with Gasteiger partial charge in [0.1, 0.15) is 0 Å². The zero-order chi connectivity index (χ0) is 12.2. The van der Waals surface area contributed by atoms with Crippen molar-refractivity contribution in [3.8, 4) is 0 Å². The highest BCUT2D eigenvalue weighted by Crippen LogP contribution is 2.55. The Balaban J connectivity index is 2.68. The molecule has 0 fully saturated rings. The van der Waals surface area contributed by atoms with E-state index in [9.17, 15) is 10.00 Å². The van der Waals surface area contributed by atoms with E-state index < -0.39 is 28.6 Å². The minimum absolute atomic E-state index is 0.0587. The van der Waals surface area contributed by atoms with Crippen molar-refractivity contribution in [1.29, 1.82) is 0 Å². The molecule has 16 heavy (non-hydrogen) atoms. The number of aliphatic hydroxyl groups excluding tert-OH is 1. The van der Waals surface area contributed by atoms with Crippen molar-refractivity contribution in [2.75, 3.05) is 0 Å². The molecule has 0 radical (unpaired) electrons. The van der Waals surface area contributed by atoms with Gasteiger partial charge in [0.2, 0.25) is 8.38 Å². The summed E-state index contributed by atoms with van der Waals surface area (Å²) < 4.78 is 6.19. The molecule has 0 aliphatic heterocycles. The van der Waals surface area contributed by atoms with Crippen molar-refractivity contribution in [3.05, 3.63) is 18.7 Å². The molecule has 0 bridgehead atoms. The molecule has 0 aliphatic rings. The Morgan fingerprint density at radius 1 is 1.69 bits per heavy atom. The summed E-state index contributed by atoms with van der Waals surface area (Å²) in [7, 11) is -3.28. The summed E-state index contributed by atoms with van der Waals surface area (Å²) in [6, 6.07) is 0. The van der Waals surface area contributed by atoms with Crippen molar-refractivity contribution in [2.24, 2.45) is 0 Å². The minimum atomic E-state index is -2.35. The first-order valence-corrected chi connectivity index (χ1v) is 6.57. The maximum Gasteiger partial charge on any atom is 0.213 e. The first kappa shape index (κ1) is 13.9. The number of rotatable bonds is 6. The van der Waals surface area contributed by atoms with Crippen LogP contribution in [0.3, 0.4) is 0 Å². The Bertz CT molecular complexity index is 310. The average molecular weight is 268 g/mol. The summed E-state index contributed by atoms with van der Waals surface area (Å²) in [4.78, 5) is 22.5. The summed E-state index contributed by atoms with van der Waals surface area (Å²) in [5.41, 5.74) is 0. The molecule has 7 nitrogen and oxygen atoms in total. The normalized spacial score (nSPS) is 19.8. The molecule has 1 heterocycles. The fourth-order valence-corrected chi connectivity index (χ4v) is 2.51. The minimum Gasteiger partial charge on any atom is -0.373 e. The maximum atomic E-state index is 9.97. The van der Waals surface area contributed by atoms with E-state index in [4.69, 9.17) is 14.5 Å². The molecule has 2 unspecified atom stereocenters. The number of aromatic nitrogens is 2. The molecule has 4 atom stereocenters. The molecule has 4 N–H and O–H groups in total. The number of aliphatic hydroxyl groups is 2. The van der Waals surface area contributed by atoms with Gasteiger partial charge in [0.25, 0.3) is 0 Å². The SMILES string of the molecule is C[C@H](O)O[P@](O)C(O)(Cn1ccnc1)PO. The van der Waals surface area contributed by atoms with Gasteiger partial charge in [-0.25, -0.2) is 4.98 Å². The molecular weight excluding hydrogens is 254 g/mol. The number of hydrogen-bond acceptors (Lipinski definition) is 6. The lowest BCUT2D eigenvalue weighted by Gasteiger charge is -2.30. The Morgan fingerprint density at radius 2 is 2.38 bits per heavy atom. The third kappa shape index (κ3) is 3.71. The zero-order valence-corrected chi connectivity index (χ0v) is 10.4. The first-order chi connectivity index (χ1) is 7.48. The highest BCUT2D eigenvalue weighted by atomic mass is 31.2. The molecule has 92 valence electrons. The summed E-state index contributed by atoms with van der Waals surface area (Å²) in [5, 5.41) is 17.1. The Labute approximate surface area is 95.5 Å². The van der Waals surface area contributed by atoms with E-state index in [1.54, 1.807) is 6.20 Å². The molecule has 1 rings (SSSR count). The lowest BCUT2D eigenvalue weighted by Crippen LogP contribution is -2.28. The van der Waals surface area contributed by atoms with Crippen LogP contribution >= 0.6 is 17.2 Å². The van der Waals surface area contributed by atoms with Crippen molar-refractivity contribution >= 4 is 17.2 Å². The highest BCUT2D eigenvalue weighted by Gasteiger charge is 2.39. The first-order valence-electron chi connectivity index (χ1n) is 4.41. The third-order valence-corrected chi connectivity index (χ3v) is 4.38. The molecule has 1 aromatic heterocycles. The van der Waals surface area contributed by atoms with E-state index in [2.05, 4.69) is 4.98 Å². The quantitative estimate of drug-likeness (QED) is 0.419. The van der Waals surface area contributed by atoms with Crippen LogP contribution in [0.2, 0.25) is 0 Å². The van der Waals surface area contributed by atoms with Crippen LogP contribution in [0.25, 0.3) is 0 Å². The lowest BCUT2D eigenvalue weighted by molar-refractivity contribution is -0.00845. The molecule has 0 saturated heterocycles. The summed E-state index contributed by atoms with van der Waals surface area (Å²) in [6.45, 7) is 1.25. The number of nitrogens with zero attached hydrogens (tertiary/aromatic N) is 2. The van der Waals surface area contributed by atoms with E-state index in [-0.39, 0.29) is 6.54 Å². The van der Waals surface area contributed by atoms with Gasteiger partial charge in [0, 0.05) is 12.4 Å². The highest BCUT2D eigenvalue weighted by molar-refractivity contribution is 7.61. The Kier molecular flexibility index (Phi) is 5.21. The van der Waals surface area contributed by atoms with Crippen LogP contribution < -0.4 is 0 Å². The van der Waals surface area contributed by atoms with Crippen LogP contribution in [0.5, 0.6) is 0 Å². The van der Waals surface area contributed by atoms with Gasteiger partial charge in [-0.3, -0.25) is 0 Å². The van der Waals surface area contributed by atoms with Gasteiger partial charge in [-0.2, -0.15) is 0 Å². The Morgan fingerprint density at radius 3 is 2.81 bits per heavy atom. The van der Waals surface area contributed by atoms with Gasteiger partial charge in [-0.05, 0) is 6.92 Å². The number of hydrogen-bond donors (Lipinski definition) is 4. The zero-order valence-electron chi connectivity index (χ0n) is 8.56. The fraction of sp³-hybridized carbons (Fsp3) is 0.571. The molecule has 0 amide bonds. The molecule has 0 aromatic carbocycles. The smallest absolute Gasteiger partial charge is 0.213 e. The molecular formula is C7H14N2O5P2. The van der Waals surface area contributed by atoms with Gasteiger partial charge in [0.05, 0.1) is 21.7 Å². The predicted octanol–water partition coefficient (Wildman–Crippen LogP) is -0.226. The van der Waals surface area contributed by atoms with Crippen LogP contribution in [0, 0.1) is 0 Å². The second-order valence-corrected chi connectivity index (χ2v) is 6.11. The van der Waals surface area contributed by atoms with E-state index >= 15 is 0 Å². The van der Waals surface area contributed by atoms with Crippen LogP contribution in [0.4, 0.5) is 0 Å². The molecule has 0 spiro atoms. The van der Waals surface area contributed by atoms with Crippen LogP contribution in [0.15, 0.2) is 18.7 Å². The predicted molar refractivity (Wildman–Crippen MR) is 59.6 cm³/mol. The van der Waals surface area contributed by atoms with Crippen molar-refractivity contribution in [3.63, 3.8) is 0 Å². The van der Waals surface area contributed by atoms with Gasteiger partial charge in [0.15, 0.2) is 11.4 Å². The molecule has 0 saturated carbocycles. The summed E-state index contributed by atoms with van der Waals surface area (Å²) >= 11 is 0. The van der Waals surface area contributed by atoms with Crippen molar-refractivity contribution in [2.45, 2.75) is 24.8 Å².